The Morgan fingerprint density at radius 1 is 1.12 bits per heavy atom. The van der Waals surface area contributed by atoms with E-state index in [2.05, 4.69) is 43.5 Å². The molecule has 0 saturated carbocycles. The van der Waals surface area contributed by atoms with Gasteiger partial charge in [-0.3, -0.25) is 0 Å². The van der Waals surface area contributed by atoms with Crippen LogP contribution >= 0.6 is 11.3 Å². The van der Waals surface area contributed by atoms with Gasteiger partial charge in [0.05, 0.1) is 10.7 Å². The Balaban J connectivity index is 1.92. The predicted molar refractivity (Wildman–Crippen MR) is 101 cm³/mol. The third kappa shape index (κ3) is 3.83. The van der Waals surface area contributed by atoms with E-state index in [0.717, 1.165) is 39.6 Å². The van der Waals surface area contributed by atoms with Crippen LogP contribution in [-0.2, 0) is 13.0 Å². The lowest BCUT2D eigenvalue weighted by Gasteiger charge is -2.14. The summed E-state index contributed by atoms with van der Waals surface area (Å²) in [6.07, 6.45) is 0.815. The van der Waals surface area contributed by atoms with E-state index in [-0.39, 0.29) is 0 Å². The number of nitrogens with two attached hydrogens (primary N) is 1. The van der Waals surface area contributed by atoms with E-state index in [4.69, 9.17) is 15.5 Å². The minimum absolute atomic E-state index is 0.553. The molecule has 0 aliphatic heterocycles. The van der Waals surface area contributed by atoms with Gasteiger partial charge in [0.1, 0.15) is 12.4 Å². The number of ether oxygens (including phenoxy) is 1. The molecule has 0 saturated heterocycles. The van der Waals surface area contributed by atoms with Crippen molar-refractivity contribution in [1.82, 2.24) is 4.98 Å². The van der Waals surface area contributed by atoms with Crippen LogP contribution in [0.1, 0.15) is 21.7 Å². The van der Waals surface area contributed by atoms with Gasteiger partial charge in [-0.2, -0.15) is 0 Å². The van der Waals surface area contributed by atoms with Crippen LogP contribution in [0.15, 0.2) is 47.8 Å². The molecular weight excluding hydrogens is 316 g/mol. The first-order chi connectivity index (χ1) is 11.7. The fourth-order valence-electron chi connectivity index (χ4n) is 2.74. The highest BCUT2D eigenvalue weighted by molar-refractivity contribution is 7.09. The van der Waals surface area contributed by atoms with Crippen molar-refractivity contribution in [3.8, 4) is 17.0 Å². The molecular formula is C20H22N2OS. The van der Waals surface area contributed by atoms with E-state index in [0.29, 0.717) is 13.2 Å². The van der Waals surface area contributed by atoms with Crippen LogP contribution in [0.5, 0.6) is 5.75 Å². The third-order valence-electron chi connectivity index (χ3n) is 3.83. The maximum atomic E-state index is 6.17. The summed E-state index contributed by atoms with van der Waals surface area (Å²) < 4.78 is 6.17. The number of aryl methyl sites for hydroxylation is 2. The quantitative estimate of drug-likeness (QED) is 0.719. The van der Waals surface area contributed by atoms with Gasteiger partial charge in [-0.1, -0.05) is 36.4 Å². The van der Waals surface area contributed by atoms with Crippen molar-refractivity contribution >= 4 is 11.3 Å². The smallest absolute Gasteiger partial charge is 0.132 e. The van der Waals surface area contributed by atoms with Crippen molar-refractivity contribution in [2.24, 2.45) is 5.73 Å². The maximum Gasteiger partial charge on any atom is 0.132 e. The van der Waals surface area contributed by atoms with Crippen molar-refractivity contribution in [2.75, 3.05) is 6.54 Å². The van der Waals surface area contributed by atoms with Crippen LogP contribution in [0, 0.1) is 13.8 Å². The molecule has 2 aromatic carbocycles. The second-order valence-electron chi connectivity index (χ2n) is 5.90. The van der Waals surface area contributed by atoms with Crippen LogP contribution in [0.25, 0.3) is 11.3 Å². The number of rotatable bonds is 6. The predicted octanol–water partition coefficient (Wildman–Crippen LogP) is 4.51. The minimum atomic E-state index is 0.553. The number of nitrogens with zero attached hydrogens (tertiary/aromatic N) is 1. The molecule has 0 aliphatic rings. The van der Waals surface area contributed by atoms with Gasteiger partial charge < -0.3 is 10.5 Å². The van der Waals surface area contributed by atoms with E-state index >= 15 is 0 Å². The lowest BCUT2D eigenvalue weighted by molar-refractivity contribution is 0.305. The summed E-state index contributed by atoms with van der Waals surface area (Å²) in [6, 6.07) is 14.5. The number of thiazole rings is 1. The number of hydrogen-bond acceptors (Lipinski definition) is 4. The van der Waals surface area contributed by atoms with Crippen LogP contribution < -0.4 is 10.5 Å². The SMILES string of the molecule is Cc1cc(C)c(OCc2ccccc2)c(-c2csc(CCN)n2)c1. The summed E-state index contributed by atoms with van der Waals surface area (Å²) in [6.45, 7) is 5.36. The number of aromatic nitrogens is 1. The maximum absolute atomic E-state index is 6.17. The highest BCUT2D eigenvalue weighted by atomic mass is 32.1. The summed E-state index contributed by atoms with van der Waals surface area (Å²) in [5.41, 5.74) is 11.2. The molecule has 3 nitrogen and oxygen atoms in total. The molecule has 0 atom stereocenters. The Labute approximate surface area is 147 Å². The molecule has 2 N–H and O–H groups in total. The molecule has 0 amide bonds. The van der Waals surface area contributed by atoms with Crippen molar-refractivity contribution < 1.29 is 4.74 Å². The van der Waals surface area contributed by atoms with Gasteiger partial charge in [-0.05, 0) is 43.1 Å². The zero-order valence-corrected chi connectivity index (χ0v) is 14.9. The number of benzene rings is 2. The van der Waals surface area contributed by atoms with Gasteiger partial charge in [-0.15, -0.1) is 11.3 Å². The highest BCUT2D eigenvalue weighted by Crippen LogP contribution is 2.35. The van der Waals surface area contributed by atoms with E-state index < -0.39 is 0 Å². The highest BCUT2D eigenvalue weighted by Gasteiger charge is 2.14. The summed E-state index contributed by atoms with van der Waals surface area (Å²) in [5, 5.41) is 3.16. The molecule has 3 aromatic rings. The second kappa shape index (κ2) is 7.60. The lowest BCUT2D eigenvalue weighted by atomic mass is 10.0. The average molecular weight is 338 g/mol. The van der Waals surface area contributed by atoms with Crippen molar-refractivity contribution in [3.05, 3.63) is 69.5 Å². The van der Waals surface area contributed by atoms with Gasteiger partial charge in [0, 0.05) is 17.4 Å². The van der Waals surface area contributed by atoms with Crippen LogP contribution in [-0.4, -0.2) is 11.5 Å². The lowest BCUT2D eigenvalue weighted by Crippen LogP contribution is -2.02. The fourth-order valence-corrected chi connectivity index (χ4v) is 3.55. The Bertz CT molecular complexity index is 812. The zero-order valence-electron chi connectivity index (χ0n) is 14.1. The fraction of sp³-hybridized carbons (Fsp3) is 0.250. The molecule has 4 heteroatoms. The molecule has 0 unspecified atom stereocenters. The Morgan fingerprint density at radius 3 is 2.67 bits per heavy atom. The molecule has 0 spiro atoms. The first-order valence-corrected chi connectivity index (χ1v) is 8.98. The molecule has 3 rings (SSSR count). The number of hydrogen-bond donors (Lipinski definition) is 1. The van der Waals surface area contributed by atoms with Crippen molar-refractivity contribution in [2.45, 2.75) is 26.9 Å². The molecule has 0 bridgehead atoms. The Kier molecular flexibility index (Phi) is 5.28. The van der Waals surface area contributed by atoms with Crippen LogP contribution in [0.3, 0.4) is 0 Å². The monoisotopic (exact) mass is 338 g/mol. The average Bonchev–Trinajstić information content (AvgIpc) is 3.03. The van der Waals surface area contributed by atoms with E-state index in [1.807, 2.05) is 18.2 Å². The first-order valence-electron chi connectivity index (χ1n) is 8.10. The van der Waals surface area contributed by atoms with Gasteiger partial charge in [-0.25, -0.2) is 4.98 Å². The first kappa shape index (κ1) is 16.7. The Morgan fingerprint density at radius 2 is 1.92 bits per heavy atom. The van der Waals surface area contributed by atoms with E-state index in [1.165, 1.54) is 5.56 Å². The van der Waals surface area contributed by atoms with Crippen LogP contribution in [0.2, 0.25) is 0 Å². The largest absolute Gasteiger partial charge is 0.488 e. The Hall–Kier alpha value is -2.17. The van der Waals surface area contributed by atoms with Crippen molar-refractivity contribution in [1.29, 1.82) is 0 Å². The molecule has 24 heavy (non-hydrogen) atoms. The van der Waals surface area contributed by atoms with Gasteiger partial charge in [0.15, 0.2) is 0 Å². The summed E-state index contributed by atoms with van der Waals surface area (Å²) in [5.74, 6) is 0.911. The van der Waals surface area contributed by atoms with Gasteiger partial charge in [0.2, 0.25) is 0 Å². The van der Waals surface area contributed by atoms with Gasteiger partial charge in [0.25, 0.3) is 0 Å². The van der Waals surface area contributed by atoms with Crippen LogP contribution in [0.4, 0.5) is 0 Å². The molecule has 0 fully saturated rings. The summed E-state index contributed by atoms with van der Waals surface area (Å²) in [4.78, 5) is 4.73. The molecule has 0 aliphatic carbocycles. The van der Waals surface area contributed by atoms with E-state index in [9.17, 15) is 0 Å². The molecule has 1 aromatic heterocycles. The van der Waals surface area contributed by atoms with Gasteiger partial charge >= 0.3 is 0 Å². The standard InChI is InChI=1S/C20H22N2OS/c1-14-10-15(2)20(23-12-16-6-4-3-5-7-16)17(11-14)18-13-24-19(22-18)8-9-21/h3-7,10-11,13H,8-9,12,21H2,1-2H3. The van der Waals surface area contributed by atoms with E-state index in [1.54, 1.807) is 11.3 Å². The zero-order chi connectivity index (χ0) is 16.9. The van der Waals surface area contributed by atoms with Crippen molar-refractivity contribution in [3.63, 3.8) is 0 Å². The summed E-state index contributed by atoms with van der Waals surface area (Å²) in [7, 11) is 0. The summed E-state index contributed by atoms with van der Waals surface area (Å²) >= 11 is 1.66. The second-order valence-corrected chi connectivity index (χ2v) is 6.84. The third-order valence-corrected chi connectivity index (χ3v) is 4.74. The topological polar surface area (TPSA) is 48.1 Å². The molecule has 0 radical (unpaired) electrons. The molecule has 124 valence electrons. The minimum Gasteiger partial charge on any atom is -0.488 e. The normalized spacial score (nSPS) is 10.8. The molecule has 1 heterocycles.